The van der Waals surface area contributed by atoms with Crippen LogP contribution in [-0.4, -0.2) is 91.8 Å². The van der Waals surface area contributed by atoms with Crippen molar-refractivity contribution in [3.8, 4) is 11.5 Å². The topological polar surface area (TPSA) is 163 Å². The second-order valence-electron chi connectivity index (χ2n) is 11.0. The molecule has 0 radical (unpaired) electrons. The van der Waals surface area contributed by atoms with E-state index in [1.54, 1.807) is 48.7 Å². The van der Waals surface area contributed by atoms with Crippen LogP contribution in [0, 0.1) is 0 Å². The minimum absolute atomic E-state index is 0.0532. The normalized spacial score (nSPS) is 16.1. The first-order valence-electron chi connectivity index (χ1n) is 15.1. The van der Waals surface area contributed by atoms with Crippen molar-refractivity contribution in [2.24, 2.45) is 0 Å². The first-order valence-corrected chi connectivity index (χ1v) is 15.1. The summed E-state index contributed by atoms with van der Waals surface area (Å²) in [5.74, 6) is -0.647. The molecular formula is C35H35N3O10. The lowest BCUT2D eigenvalue weighted by atomic mass is 9.99. The smallest absolute Gasteiger partial charge is 0.407 e. The maximum absolute atomic E-state index is 13.6. The first kappa shape index (κ1) is 33.8. The molecule has 1 aromatic heterocycles. The van der Waals surface area contributed by atoms with Gasteiger partial charge in [0.2, 0.25) is 0 Å². The Kier molecular flexibility index (Phi) is 11.2. The van der Waals surface area contributed by atoms with Gasteiger partial charge in [0.1, 0.15) is 17.6 Å². The minimum Gasteiger partial charge on any atom is -0.468 e. The Morgan fingerprint density at radius 2 is 1.58 bits per heavy atom. The van der Waals surface area contributed by atoms with E-state index in [9.17, 15) is 24.3 Å². The predicted molar refractivity (Wildman–Crippen MR) is 172 cm³/mol. The number of methoxy groups -OCH3 is 2. The molecule has 4 aromatic rings. The van der Waals surface area contributed by atoms with Gasteiger partial charge in [0.05, 0.1) is 22.7 Å². The zero-order valence-corrected chi connectivity index (χ0v) is 26.4. The molecule has 2 amide bonds. The molecule has 2 atom stereocenters. The molecule has 3 aromatic carbocycles. The van der Waals surface area contributed by atoms with E-state index >= 15 is 0 Å². The van der Waals surface area contributed by atoms with E-state index in [1.807, 2.05) is 6.07 Å². The van der Waals surface area contributed by atoms with Crippen LogP contribution in [0.3, 0.4) is 0 Å². The maximum atomic E-state index is 13.6. The third-order valence-corrected chi connectivity index (χ3v) is 7.75. The van der Waals surface area contributed by atoms with E-state index in [0.717, 1.165) is 5.39 Å². The van der Waals surface area contributed by atoms with Crippen LogP contribution in [0.2, 0.25) is 0 Å². The van der Waals surface area contributed by atoms with E-state index in [4.69, 9.17) is 23.7 Å². The predicted octanol–water partition coefficient (Wildman–Crippen LogP) is 4.53. The molecule has 13 nitrogen and oxygen atoms in total. The van der Waals surface area contributed by atoms with E-state index in [-0.39, 0.29) is 43.6 Å². The second-order valence-corrected chi connectivity index (χ2v) is 11.0. The Morgan fingerprint density at radius 1 is 0.896 bits per heavy atom. The molecule has 0 aliphatic carbocycles. The van der Waals surface area contributed by atoms with Gasteiger partial charge < -0.3 is 39.0 Å². The molecule has 13 heteroatoms. The van der Waals surface area contributed by atoms with Crippen molar-refractivity contribution in [2.45, 2.75) is 25.0 Å². The zero-order valence-electron chi connectivity index (χ0n) is 26.4. The Labute approximate surface area is 276 Å². The number of carbonyl (C=O) groups is 4. The van der Waals surface area contributed by atoms with Crippen molar-refractivity contribution in [1.29, 1.82) is 0 Å². The Bertz CT molecular complexity index is 1760. The number of aromatic nitrogens is 1. The van der Waals surface area contributed by atoms with Gasteiger partial charge in [-0.05, 0) is 67.4 Å². The number of amides is 2. The van der Waals surface area contributed by atoms with Crippen LogP contribution in [0.25, 0.3) is 10.9 Å². The molecule has 0 saturated carbocycles. The number of rotatable bonds is 12. The van der Waals surface area contributed by atoms with E-state index in [0.29, 0.717) is 41.0 Å². The summed E-state index contributed by atoms with van der Waals surface area (Å²) in [6.07, 6.45) is 0.416. The number of carboxylic acid groups (broad SMARTS) is 1. The van der Waals surface area contributed by atoms with Gasteiger partial charge in [0.25, 0.3) is 5.91 Å². The van der Waals surface area contributed by atoms with Gasteiger partial charge in [-0.2, -0.15) is 0 Å². The van der Waals surface area contributed by atoms with Crippen LogP contribution >= 0.6 is 0 Å². The highest BCUT2D eigenvalue weighted by atomic mass is 16.7. The summed E-state index contributed by atoms with van der Waals surface area (Å²) >= 11 is 0. The number of hydrogen-bond acceptors (Lipinski definition) is 10. The summed E-state index contributed by atoms with van der Waals surface area (Å²) in [7, 11) is 2.98. The third-order valence-electron chi connectivity index (χ3n) is 7.75. The van der Waals surface area contributed by atoms with Crippen molar-refractivity contribution in [3.05, 3.63) is 101 Å². The fraction of sp³-hybridized carbons (Fsp3) is 0.286. The summed E-state index contributed by atoms with van der Waals surface area (Å²) in [5.41, 5.74) is 1.70. The number of ether oxygens (including phenoxy) is 5. The molecule has 1 saturated heterocycles. The molecule has 1 fully saturated rings. The highest BCUT2D eigenvalue weighted by molar-refractivity contribution is 6.12. The van der Waals surface area contributed by atoms with Gasteiger partial charge in [0.15, 0.2) is 19.4 Å². The van der Waals surface area contributed by atoms with Crippen LogP contribution in [0.15, 0.2) is 79.0 Å². The molecule has 1 aliphatic rings. The lowest BCUT2D eigenvalue weighted by Gasteiger charge is -2.28. The lowest BCUT2D eigenvalue weighted by molar-refractivity contribution is 0.0179. The average Bonchev–Trinajstić information content (AvgIpc) is 3.31. The van der Waals surface area contributed by atoms with E-state index in [1.165, 1.54) is 43.4 Å². The SMILES string of the molecule is COCOc1ccc(C(=O)N[C@@H]2CN(C(=O)O)CCC[C@H]2OC(=O)c2ccc(C(=O)c3cc4ncccc4cc3OCOC)cc2)cc1. The van der Waals surface area contributed by atoms with Crippen molar-refractivity contribution in [3.63, 3.8) is 0 Å². The van der Waals surface area contributed by atoms with Gasteiger partial charge in [-0.15, -0.1) is 0 Å². The number of likely N-dealkylation sites (tertiary alicyclic amines) is 1. The number of benzene rings is 3. The third kappa shape index (κ3) is 8.24. The summed E-state index contributed by atoms with van der Waals surface area (Å²) < 4.78 is 26.8. The number of fused-ring (bicyclic) bond motifs is 1. The van der Waals surface area contributed by atoms with Crippen LogP contribution in [0.1, 0.15) is 49.5 Å². The van der Waals surface area contributed by atoms with E-state index < -0.39 is 30.1 Å². The molecule has 0 unspecified atom stereocenters. The number of ketones is 1. The van der Waals surface area contributed by atoms with Crippen molar-refractivity contribution >= 4 is 34.7 Å². The number of pyridine rings is 1. The Morgan fingerprint density at radius 3 is 2.29 bits per heavy atom. The van der Waals surface area contributed by atoms with Gasteiger partial charge >= 0.3 is 12.1 Å². The molecule has 250 valence electrons. The summed E-state index contributed by atoms with van der Waals surface area (Å²) in [6.45, 7) is 0.144. The lowest BCUT2D eigenvalue weighted by Crippen LogP contribution is -2.51. The Balaban J connectivity index is 1.31. The van der Waals surface area contributed by atoms with E-state index in [2.05, 4.69) is 10.3 Å². The van der Waals surface area contributed by atoms with Gasteiger partial charge in [-0.1, -0.05) is 18.2 Å². The number of esters is 1. The minimum atomic E-state index is -1.14. The van der Waals surface area contributed by atoms with Crippen molar-refractivity contribution in [1.82, 2.24) is 15.2 Å². The number of hydrogen-bond donors (Lipinski definition) is 2. The molecule has 5 rings (SSSR count). The second kappa shape index (κ2) is 15.8. The summed E-state index contributed by atoms with van der Waals surface area (Å²) in [4.78, 5) is 57.4. The molecule has 2 heterocycles. The van der Waals surface area contributed by atoms with Gasteiger partial charge in [-0.3, -0.25) is 14.6 Å². The van der Waals surface area contributed by atoms with Crippen LogP contribution in [-0.2, 0) is 14.2 Å². The monoisotopic (exact) mass is 657 g/mol. The fourth-order valence-corrected chi connectivity index (χ4v) is 5.30. The Hall–Kier alpha value is -5.53. The first-order chi connectivity index (χ1) is 23.3. The fourth-order valence-electron chi connectivity index (χ4n) is 5.30. The standard InChI is InChI=1S/C35H35N3O10/c1-44-20-46-26-13-11-23(12-14-26)33(40)37-29-19-38(35(42)43)16-4-6-30(29)48-34(41)24-9-7-22(8-10-24)32(39)27-18-28-25(5-3-15-36-28)17-31(27)47-21-45-2/h3,5,7-15,17-18,29-30H,4,6,16,19-21H2,1-2H3,(H,37,40)(H,42,43)/t29-,30-/m1/s1. The highest BCUT2D eigenvalue weighted by Gasteiger charge is 2.33. The van der Waals surface area contributed by atoms with Crippen molar-refractivity contribution < 1.29 is 48.0 Å². The number of carbonyl (C=O) groups excluding carboxylic acids is 3. The summed E-state index contributed by atoms with van der Waals surface area (Å²) in [6, 6.07) is 18.5. The molecule has 48 heavy (non-hydrogen) atoms. The molecule has 2 N–H and O–H groups in total. The quantitative estimate of drug-likeness (QED) is 0.125. The van der Waals surface area contributed by atoms with Gasteiger partial charge in [0, 0.05) is 50.0 Å². The zero-order chi connectivity index (χ0) is 34.0. The largest absolute Gasteiger partial charge is 0.468 e. The van der Waals surface area contributed by atoms with Crippen LogP contribution in [0.4, 0.5) is 4.79 Å². The molecule has 1 aliphatic heterocycles. The van der Waals surface area contributed by atoms with Crippen molar-refractivity contribution in [2.75, 3.05) is 40.9 Å². The number of nitrogens with one attached hydrogen (secondary N) is 1. The summed E-state index contributed by atoms with van der Waals surface area (Å²) in [5, 5.41) is 13.3. The number of nitrogens with zero attached hydrogens (tertiary/aromatic N) is 2. The maximum Gasteiger partial charge on any atom is 0.407 e. The van der Waals surface area contributed by atoms with Crippen LogP contribution in [0.5, 0.6) is 11.5 Å². The molecule has 0 spiro atoms. The average molecular weight is 658 g/mol. The molecular weight excluding hydrogens is 622 g/mol. The van der Waals surface area contributed by atoms with Crippen LogP contribution < -0.4 is 14.8 Å². The van der Waals surface area contributed by atoms with Gasteiger partial charge in [-0.25, -0.2) is 9.59 Å². The highest BCUT2D eigenvalue weighted by Crippen LogP contribution is 2.28. The molecule has 0 bridgehead atoms.